The fraction of sp³-hybridized carbons (Fsp3) is 0.375. The summed E-state index contributed by atoms with van der Waals surface area (Å²) in [5.41, 5.74) is 1.04. The molecule has 0 spiro atoms. The first kappa shape index (κ1) is 15.7. The van der Waals surface area contributed by atoms with E-state index < -0.39 is 9.84 Å². The third-order valence-corrected chi connectivity index (χ3v) is 5.75. The number of carbonyl (C=O) groups excluding carboxylic acids is 1. The third kappa shape index (κ3) is 3.61. The molecule has 1 aromatic heterocycles. The Hall–Kier alpha value is -2.15. The van der Waals surface area contributed by atoms with Gasteiger partial charge in [0.05, 0.1) is 11.5 Å². The molecule has 0 saturated carbocycles. The summed E-state index contributed by atoms with van der Waals surface area (Å²) >= 11 is 0. The number of hydrogen-bond acceptors (Lipinski definition) is 5. The fourth-order valence-corrected chi connectivity index (χ4v) is 4.53. The van der Waals surface area contributed by atoms with E-state index in [0.717, 1.165) is 5.56 Å². The molecule has 3 rings (SSSR count). The van der Waals surface area contributed by atoms with Crippen LogP contribution in [0, 0.1) is 12.8 Å². The van der Waals surface area contributed by atoms with Crippen molar-refractivity contribution in [1.29, 1.82) is 0 Å². The molecule has 1 unspecified atom stereocenters. The van der Waals surface area contributed by atoms with Gasteiger partial charge in [-0.15, -0.1) is 0 Å². The molecule has 2 heterocycles. The van der Waals surface area contributed by atoms with Gasteiger partial charge in [-0.2, -0.15) is 0 Å². The summed E-state index contributed by atoms with van der Waals surface area (Å²) in [6, 6.07) is 9.35. The first-order chi connectivity index (χ1) is 10.9. The van der Waals surface area contributed by atoms with Crippen molar-refractivity contribution in [2.24, 2.45) is 5.92 Å². The first-order valence-corrected chi connectivity index (χ1v) is 9.28. The van der Waals surface area contributed by atoms with Crippen LogP contribution in [0.15, 0.2) is 34.7 Å². The van der Waals surface area contributed by atoms with Crippen molar-refractivity contribution in [1.82, 2.24) is 10.3 Å². The van der Waals surface area contributed by atoms with E-state index in [9.17, 15) is 13.2 Å². The van der Waals surface area contributed by atoms with Crippen LogP contribution < -0.4 is 5.32 Å². The maximum absolute atomic E-state index is 12.2. The van der Waals surface area contributed by atoms with Gasteiger partial charge >= 0.3 is 0 Å². The highest BCUT2D eigenvalue weighted by molar-refractivity contribution is 7.91. The minimum Gasteiger partial charge on any atom is -0.441 e. The molecular weight excluding hydrogens is 316 g/mol. The molecule has 2 aromatic rings. The van der Waals surface area contributed by atoms with E-state index in [4.69, 9.17) is 4.42 Å². The minimum absolute atomic E-state index is 0.0234. The molecule has 0 radical (unpaired) electrons. The van der Waals surface area contributed by atoms with Crippen LogP contribution in [0.4, 0.5) is 0 Å². The highest BCUT2D eigenvalue weighted by Crippen LogP contribution is 2.22. The maximum atomic E-state index is 12.2. The van der Waals surface area contributed by atoms with Crippen molar-refractivity contribution >= 4 is 15.7 Å². The molecule has 1 saturated heterocycles. The number of rotatable bonds is 4. The largest absolute Gasteiger partial charge is 0.441 e. The monoisotopic (exact) mass is 334 g/mol. The lowest BCUT2D eigenvalue weighted by Crippen LogP contribution is -2.30. The zero-order valence-corrected chi connectivity index (χ0v) is 13.6. The van der Waals surface area contributed by atoms with E-state index in [1.54, 1.807) is 6.92 Å². The standard InChI is InChI=1S/C16H18N2O4S/c1-11-14(18-16(22-11)13-5-3-2-4-6-13)15(19)17-9-12-7-8-23(20,21)10-12/h2-6,12H,7-10H2,1H3,(H,17,19). The summed E-state index contributed by atoms with van der Waals surface area (Å²) in [5, 5.41) is 2.76. The minimum atomic E-state index is -2.93. The molecule has 1 N–H and O–H groups in total. The van der Waals surface area contributed by atoms with Crippen LogP contribution in [0.3, 0.4) is 0 Å². The Morgan fingerprint density at radius 3 is 2.74 bits per heavy atom. The van der Waals surface area contributed by atoms with Gasteiger partial charge in [0.25, 0.3) is 5.91 Å². The number of amides is 1. The molecule has 6 nitrogen and oxygen atoms in total. The lowest BCUT2D eigenvalue weighted by atomic mass is 10.1. The van der Waals surface area contributed by atoms with Crippen LogP contribution in [-0.2, 0) is 9.84 Å². The third-order valence-electron chi connectivity index (χ3n) is 3.91. The summed E-state index contributed by atoms with van der Waals surface area (Å²) in [5.74, 6) is 0.828. The lowest BCUT2D eigenvalue weighted by molar-refractivity contribution is 0.0942. The maximum Gasteiger partial charge on any atom is 0.273 e. The normalized spacial score (nSPS) is 19.6. The number of aromatic nitrogens is 1. The first-order valence-electron chi connectivity index (χ1n) is 7.46. The number of nitrogens with zero attached hydrogens (tertiary/aromatic N) is 1. The zero-order chi connectivity index (χ0) is 16.4. The van der Waals surface area contributed by atoms with E-state index in [0.29, 0.717) is 24.6 Å². The van der Waals surface area contributed by atoms with Gasteiger partial charge in [0, 0.05) is 12.1 Å². The van der Waals surface area contributed by atoms with Crippen LogP contribution in [0.25, 0.3) is 11.5 Å². The van der Waals surface area contributed by atoms with Crippen LogP contribution in [0.5, 0.6) is 0 Å². The zero-order valence-electron chi connectivity index (χ0n) is 12.8. The number of carbonyl (C=O) groups is 1. The topological polar surface area (TPSA) is 89.3 Å². The number of aryl methyl sites for hydroxylation is 1. The lowest BCUT2D eigenvalue weighted by Gasteiger charge is -2.08. The van der Waals surface area contributed by atoms with Crippen LogP contribution in [-0.4, -0.2) is 37.4 Å². The van der Waals surface area contributed by atoms with Gasteiger partial charge in [-0.1, -0.05) is 18.2 Å². The second-order valence-corrected chi connectivity index (χ2v) is 8.00. The number of oxazole rings is 1. The number of sulfone groups is 1. The summed E-state index contributed by atoms with van der Waals surface area (Å²) in [4.78, 5) is 16.5. The molecule has 1 aliphatic rings. The Labute approximate surface area is 134 Å². The Morgan fingerprint density at radius 2 is 2.09 bits per heavy atom. The predicted molar refractivity (Wildman–Crippen MR) is 85.8 cm³/mol. The van der Waals surface area contributed by atoms with Gasteiger partial charge in [-0.3, -0.25) is 4.79 Å². The molecule has 1 atom stereocenters. The van der Waals surface area contributed by atoms with Gasteiger partial charge in [-0.05, 0) is 31.4 Å². The van der Waals surface area contributed by atoms with Crippen molar-refractivity contribution in [2.75, 3.05) is 18.1 Å². The molecule has 1 aromatic carbocycles. The summed E-state index contributed by atoms with van der Waals surface area (Å²) in [6.45, 7) is 2.03. The molecule has 23 heavy (non-hydrogen) atoms. The van der Waals surface area contributed by atoms with Crippen LogP contribution in [0.2, 0.25) is 0 Å². The van der Waals surface area contributed by atoms with Crippen LogP contribution in [0.1, 0.15) is 22.7 Å². The molecule has 0 aliphatic carbocycles. The molecule has 1 fully saturated rings. The van der Waals surface area contributed by atoms with E-state index in [1.165, 1.54) is 0 Å². The quantitative estimate of drug-likeness (QED) is 0.921. The van der Waals surface area contributed by atoms with Gasteiger partial charge in [0.15, 0.2) is 15.5 Å². The smallest absolute Gasteiger partial charge is 0.273 e. The Kier molecular flexibility index (Phi) is 4.21. The highest BCUT2D eigenvalue weighted by atomic mass is 32.2. The fourth-order valence-electron chi connectivity index (χ4n) is 2.67. The SMILES string of the molecule is Cc1oc(-c2ccccc2)nc1C(=O)NCC1CCS(=O)(=O)C1. The Bertz CT molecular complexity index is 812. The molecule has 7 heteroatoms. The van der Waals surface area contributed by atoms with Crippen molar-refractivity contribution in [3.8, 4) is 11.5 Å². The summed E-state index contributed by atoms with van der Waals surface area (Å²) < 4.78 is 28.4. The highest BCUT2D eigenvalue weighted by Gasteiger charge is 2.28. The second kappa shape index (κ2) is 6.16. The number of benzene rings is 1. The molecule has 1 aliphatic heterocycles. The Morgan fingerprint density at radius 1 is 1.35 bits per heavy atom. The average molecular weight is 334 g/mol. The second-order valence-electron chi connectivity index (χ2n) is 5.77. The Balaban J connectivity index is 1.67. The number of nitrogens with one attached hydrogen (secondary N) is 1. The van der Waals surface area contributed by atoms with E-state index >= 15 is 0 Å². The van der Waals surface area contributed by atoms with Gasteiger partial charge in [0.1, 0.15) is 5.76 Å². The van der Waals surface area contributed by atoms with Crippen molar-refractivity contribution in [3.05, 3.63) is 41.8 Å². The number of hydrogen-bond donors (Lipinski definition) is 1. The van der Waals surface area contributed by atoms with Crippen LogP contribution >= 0.6 is 0 Å². The van der Waals surface area contributed by atoms with Gasteiger partial charge in [0.2, 0.25) is 5.89 Å². The van der Waals surface area contributed by atoms with Crippen molar-refractivity contribution < 1.29 is 17.6 Å². The van der Waals surface area contributed by atoms with E-state index in [2.05, 4.69) is 10.3 Å². The van der Waals surface area contributed by atoms with Gasteiger partial charge in [-0.25, -0.2) is 13.4 Å². The van der Waals surface area contributed by atoms with Crippen molar-refractivity contribution in [3.63, 3.8) is 0 Å². The van der Waals surface area contributed by atoms with Gasteiger partial charge < -0.3 is 9.73 Å². The molecular formula is C16H18N2O4S. The van der Waals surface area contributed by atoms with E-state index in [-0.39, 0.29) is 29.0 Å². The molecule has 1 amide bonds. The molecule has 122 valence electrons. The van der Waals surface area contributed by atoms with Crippen molar-refractivity contribution in [2.45, 2.75) is 13.3 Å². The summed E-state index contributed by atoms with van der Waals surface area (Å²) in [7, 11) is -2.93. The van der Waals surface area contributed by atoms with E-state index in [1.807, 2.05) is 30.3 Å². The average Bonchev–Trinajstić information content (AvgIpc) is 3.08. The molecule has 0 bridgehead atoms. The summed E-state index contributed by atoms with van der Waals surface area (Å²) in [6.07, 6.45) is 0.593. The predicted octanol–water partition coefficient (Wildman–Crippen LogP) is 1.81.